The molecule has 0 aliphatic heterocycles. The molecule has 11 aliphatic carbocycles. The monoisotopic (exact) mass is 933 g/mol. The maximum absolute atomic E-state index is 3.36. The van der Waals surface area contributed by atoms with Crippen molar-refractivity contribution >= 4 is 0 Å². The van der Waals surface area contributed by atoms with E-state index in [9.17, 15) is 0 Å². The van der Waals surface area contributed by atoms with Gasteiger partial charge in [0.05, 0.1) is 0 Å². The zero-order chi connectivity index (χ0) is 45.5. The van der Waals surface area contributed by atoms with Gasteiger partial charge >= 0.3 is 0 Å². The second kappa shape index (κ2) is 24.8. The Kier molecular flexibility index (Phi) is 18.2. The molecule has 0 radical (unpaired) electrons. The molecule has 0 saturated heterocycles. The van der Waals surface area contributed by atoms with Crippen LogP contribution in [0.4, 0.5) is 0 Å². The van der Waals surface area contributed by atoms with Crippen LogP contribution >= 0.6 is 0 Å². The lowest BCUT2D eigenvalue weighted by atomic mass is 9.60. The van der Waals surface area contributed by atoms with E-state index in [0.717, 1.165) is 107 Å². The highest BCUT2D eigenvalue weighted by molar-refractivity contribution is 5.06. The minimum absolute atomic E-state index is 0.885. The number of allylic oxidation sites excluding steroid dienone is 2. The van der Waals surface area contributed by atoms with Crippen LogP contribution in [-0.4, -0.2) is 46.1 Å². The molecule has 8 atom stereocenters. The summed E-state index contributed by atoms with van der Waals surface area (Å²) < 4.78 is 0. The Morgan fingerprint density at radius 2 is 0.456 bits per heavy atom. The van der Waals surface area contributed by atoms with Gasteiger partial charge < -0.3 is 0 Å². The topological polar surface area (TPSA) is 6.48 Å². The lowest BCUT2D eigenvalue weighted by molar-refractivity contribution is -0.0332. The quantitative estimate of drug-likeness (QED) is 0.180. The van der Waals surface area contributed by atoms with Crippen molar-refractivity contribution in [3.8, 4) is 0 Å². The van der Waals surface area contributed by atoms with E-state index >= 15 is 0 Å². The first-order valence-electron chi connectivity index (χ1n) is 33.0. The van der Waals surface area contributed by atoms with E-state index in [1.807, 2.05) is 0 Å². The van der Waals surface area contributed by atoms with Gasteiger partial charge in [0.15, 0.2) is 0 Å². The van der Waals surface area contributed by atoms with Crippen molar-refractivity contribution in [2.45, 2.75) is 332 Å². The van der Waals surface area contributed by atoms with E-state index in [0.29, 0.717) is 0 Å². The lowest BCUT2D eigenvalue weighted by Crippen LogP contribution is -2.54. The summed E-state index contributed by atoms with van der Waals surface area (Å²) in [6.45, 7) is 0. The second-order valence-electron chi connectivity index (χ2n) is 28.1. The summed E-state index contributed by atoms with van der Waals surface area (Å²) in [5, 5.41) is 0. The van der Waals surface area contributed by atoms with Gasteiger partial charge in [-0.1, -0.05) is 179 Å². The molecule has 0 amide bonds. The molecule has 0 N–H and O–H groups in total. The Bertz CT molecular complexity index is 1360. The van der Waals surface area contributed by atoms with Crippen LogP contribution in [0.1, 0.15) is 295 Å². The molecule has 11 aliphatic rings. The summed E-state index contributed by atoms with van der Waals surface area (Å²) in [5.74, 6) is 12.3. The predicted octanol–water partition coefficient (Wildman–Crippen LogP) is 18.8. The molecular formula is C66H112N2. The van der Waals surface area contributed by atoms with E-state index in [1.54, 1.807) is 89.9 Å². The molecule has 2 heteroatoms. The summed E-state index contributed by atoms with van der Waals surface area (Å²) in [4.78, 5) is 6.72. The fourth-order valence-electron chi connectivity index (χ4n) is 21.3. The highest BCUT2D eigenvalue weighted by Gasteiger charge is 2.47. The molecule has 0 aromatic rings. The van der Waals surface area contributed by atoms with E-state index < -0.39 is 0 Å². The number of nitrogens with zero attached hydrogens (tertiary/aromatic N) is 2. The Morgan fingerprint density at radius 3 is 0.765 bits per heavy atom. The summed E-state index contributed by atoms with van der Waals surface area (Å²) in [5.41, 5.74) is 0. The molecule has 386 valence electrons. The van der Waals surface area contributed by atoms with Crippen molar-refractivity contribution in [1.82, 2.24) is 9.80 Å². The van der Waals surface area contributed by atoms with Gasteiger partial charge in [-0.25, -0.2) is 0 Å². The number of rotatable bonds is 12. The lowest BCUT2D eigenvalue weighted by Gasteiger charge is -2.53. The molecule has 0 bridgehead atoms. The average Bonchev–Trinajstić information content (AvgIpc) is 3.43. The first kappa shape index (κ1) is 49.9. The summed E-state index contributed by atoms with van der Waals surface area (Å²) >= 11 is 0. The van der Waals surface area contributed by atoms with E-state index in [-0.39, 0.29) is 0 Å². The number of hydrogen-bond acceptors (Lipinski definition) is 2. The predicted molar refractivity (Wildman–Crippen MR) is 290 cm³/mol. The van der Waals surface area contributed by atoms with E-state index in [4.69, 9.17) is 0 Å². The van der Waals surface area contributed by atoms with Gasteiger partial charge in [-0.3, -0.25) is 9.80 Å². The smallest absolute Gasteiger partial charge is 0.0104 e. The molecule has 0 heterocycles. The summed E-state index contributed by atoms with van der Waals surface area (Å²) in [6, 6.07) is 5.43. The van der Waals surface area contributed by atoms with Crippen molar-refractivity contribution in [3.05, 3.63) is 12.2 Å². The van der Waals surface area contributed by atoms with Crippen LogP contribution in [0.5, 0.6) is 0 Å². The third kappa shape index (κ3) is 11.9. The molecule has 7 unspecified atom stereocenters. The number of hydrogen-bond donors (Lipinski definition) is 0. The van der Waals surface area contributed by atoms with Crippen molar-refractivity contribution in [2.24, 2.45) is 71.0 Å². The van der Waals surface area contributed by atoms with E-state index in [1.165, 1.54) is 205 Å². The van der Waals surface area contributed by atoms with Gasteiger partial charge in [0.2, 0.25) is 0 Å². The SMILES string of the molecule is C1=CC(C2CCC(N(C3CCCCC3)C3CCC(C4CCCCC4)[C@@H](C4CCCCC4)C3)CC2)CCC1C1CCC(N(C2CCCCC2)C2CCC(C3CCCCC3)C(C3CCCCC3)C2)CC1. The molecule has 0 aromatic heterocycles. The fourth-order valence-corrected chi connectivity index (χ4v) is 21.3. The first-order valence-corrected chi connectivity index (χ1v) is 33.0. The van der Waals surface area contributed by atoms with Crippen LogP contribution in [0.15, 0.2) is 12.2 Å². The summed E-state index contributed by atoms with van der Waals surface area (Å²) in [7, 11) is 0. The highest BCUT2D eigenvalue weighted by atomic mass is 15.2. The molecule has 2 nitrogen and oxygen atoms in total. The Morgan fingerprint density at radius 1 is 0.191 bits per heavy atom. The molecule has 10 fully saturated rings. The zero-order valence-electron chi connectivity index (χ0n) is 45.0. The first-order chi connectivity index (χ1) is 33.7. The van der Waals surface area contributed by atoms with Gasteiger partial charge in [-0.05, 0) is 199 Å². The van der Waals surface area contributed by atoms with Crippen molar-refractivity contribution in [2.75, 3.05) is 0 Å². The van der Waals surface area contributed by atoms with Crippen LogP contribution in [0.3, 0.4) is 0 Å². The van der Waals surface area contributed by atoms with Crippen LogP contribution in [-0.2, 0) is 0 Å². The maximum atomic E-state index is 3.36. The minimum Gasteiger partial charge on any atom is -0.294 e. The molecule has 11 rings (SSSR count). The standard InChI is InChI=1S/C66H112N2/c1-7-19-53(20-8-1)63-45-43-61(47-65(63)55-23-11-3-12-24-55)67(57-27-15-5-16-28-57)59-39-35-51(36-40-59)49-31-33-50(34-32-49)52-37-41-60(42-38-52)68(58-29-17-6-18-30-58)62-44-46-64(54-21-9-2-10-22-54)66(48-62)56-25-13-4-14-26-56/h31,33,49-66H,1-30,32,34-48H2/t49?,50?,51?,52?,59?,60?,61?,62?,63?,64?,65-,66?/m1/s1. The van der Waals surface area contributed by atoms with Crippen LogP contribution < -0.4 is 0 Å². The van der Waals surface area contributed by atoms with Crippen LogP contribution in [0.2, 0.25) is 0 Å². The van der Waals surface area contributed by atoms with Gasteiger partial charge in [-0.2, -0.15) is 0 Å². The highest BCUT2D eigenvalue weighted by Crippen LogP contribution is 2.53. The second-order valence-corrected chi connectivity index (χ2v) is 28.1. The summed E-state index contributed by atoms with van der Waals surface area (Å²) in [6.07, 6.45) is 76.6. The van der Waals surface area contributed by atoms with Crippen LogP contribution in [0, 0.1) is 71.0 Å². The van der Waals surface area contributed by atoms with Crippen LogP contribution in [0.25, 0.3) is 0 Å². The zero-order valence-corrected chi connectivity index (χ0v) is 45.0. The van der Waals surface area contributed by atoms with Gasteiger partial charge in [0.25, 0.3) is 0 Å². The van der Waals surface area contributed by atoms with Crippen molar-refractivity contribution in [3.63, 3.8) is 0 Å². The molecule has 0 spiro atoms. The third-order valence-electron chi connectivity index (χ3n) is 24.7. The Balaban J connectivity index is 0.696. The molecule has 0 aromatic carbocycles. The molecule has 10 saturated carbocycles. The van der Waals surface area contributed by atoms with Crippen molar-refractivity contribution < 1.29 is 0 Å². The fraction of sp³-hybridized carbons (Fsp3) is 0.970. The molecular weight excluding hydrogens is 821 g/mol. The molecule has 68 heavy (non-hydrogen) atoms. The third-order valence-corrected chi connectivity index (χ3v) is 24.7. The minimum atomic E-state index is 0.885. The Hall–Kier alpha value is -0.340. The Labute approximate surface area is 422 Å². The van der Waals surface area contributed by atoms with Gasteiger partial charge in [-0.15, -0.1) is 0 Å². The average molecular weight is 934 g/mol. The largest absolute Gasteiger partial charge is 0.294 e. The van der Waals surface area contributed by atoms with Crippen molar-refractivity contribution in [1.29, 1.82) is 0 Å². The van der Waals surface area contributed by atoms with Gasteiger partial charge in [0.1, 0.15) is 0 Å². The van der Waals surface area contributed by atoms with E-state index in [2.05, 4.69) is 22.0 Å². The van der Waals surface area contributed by atoms with Gasteiger partial charge in [0, 0.05) is 36.3 Å². The maximum Gasteiger partial charge on any atom is 0.0104 e. The normalized spacial score (nSPS) is 41.3.